The van der Waals surface area contributed by atoms with Crippen LogP contribution >= 0.6 is 11.3 Å². The molecule has 6 heteroatoms. The van der Waals surface area contributed by atoms with E-state index in [1.807, 2.05) is 37.3 Å². The molecular formula is C16H16N2O3S. The molecule has 2 N–H and O–H groups in total. The standard InChI is InChI=1S/C16H16N2O3S/c1-9-6-7-10(15(20)21)11(8-9)14(19)18-16-17-12-4-2-3-5-13(12)22-16/h2-6,10-11H,7-8H2,1H3,(H,20,21)(H,17,18,19)/t10-,11-/m1/s1. The first-order valence-corrected chi connectivity index (χ1v) is 7.91. The van der Waals surface area contributed by atoms with Gasteiger partial charge in [-0.15, -0.1) is 0 Å². The number of para-hydroxylation sites is 1. The van der Waals surface area contributed by atoms with Crippen molar-refractivity contribution >= 4 is 38.6 Å². The minimum absolute atomic E-state index is 0.265. The molecule has 22 heavy (non-hydrogen) atoms. The van der Waals surface area contributed by atoms with Gasteiger partial charge in [0, 0.05) is 0 Å². The van der Waals surface area contributed by atoms with Crippen LogP contribution in [-0.2, 0) is 9.59 Å². The number of aliphatic carboxylic acids is 1. The molecule has 0 spiro atoms. The second-order valence-corrected chi connectivity index (χ2v) is 6.55. The lowest BCUT2D eigenvalue weighted by atomic mass is 9.79. The number of hydrogen-bond donors (Lipinski definition) is 2. The molecule has 0 fully saturated rings. The van der Waals surface area contributed by atoms with E-state index in [9.17, 15) is 14.7 Å². The summed E-state index contributed by atoms with van der Waals surface area (Å²) in [5.74, 6) is -2.40. The van der Waals surface area contributed by atoms with E-state index in [4.69, 9.17) is 0 Å². The maximum absolute atomic E-state index is 12.5. The van der Waals surface area contributed by atoms with Crippen LogP contribution in [0, 0.1) is 11.8 Å². The summed E-state index contributed by atoms with van der Waals surface area (Å²) in [6.07, 6.45) is 2.78. The Morgan fingerprint density at radius 3 is 2.82 bits per heavy atom. The summed E-state index contributed by atoms with van der Waals surface area (Å²) in [6, 6.07) is 7.64. The van der Waals surface area contributed by atoms with Crippen molar-refractivity contribution < 1.29 is 14.7 Å². The Hall–Kier alpha value is -2.21. The summed E-state index contributed by atoms with van der Waals surface area (Å²) in [4.78, 5) is 28.2. The number of benzene rings is 1. The van der Waals surface area contributed by atoms with Crippen molar-refractivity contribution in [3.8, 4) is 0 Å². The summed E-state index contributed by atoms with van der Waals surface area (Å²) in [5.41, 5.74) is 1.89. The van der Waals surface area contributed by atoms with Gasteiger partial charge < -0.3 is 10.4 Å². The van der Waals surface area contributed by atoms with E-state index < -0.39 is 17.8 Å². The van der Waals surface area contributed by atoms with Gasteiger partial charge in [0.1, 0.15) is 0 Å². The molecule has 1 aliphatic carbocycles. The van der Waals surface area contributed by atoms with Gasteiger partial charge in [-0.25, -0.2) is 4.98 Å². The smallest absolute Gasteiger partial charge is 0.307 e. The lowest BCUT2D eigenvalue weighted by Gasteiger charge is -2.26. The lowest BCUT2D eigenvalue weighted by molar-refractivity contribution is -0.146. The highest BCUT2D eigenvalue weighted by Crippen LogP contribution is 2.32. The van der Waals surface area contributed by atoms with Crippen molar-refractivity contribution in [2.75, 3.05) is 5.32 Å². The van der Waals surface area contributed by atoms with Gasteiger partial charge in [-0.3, -0.25) is 9.59 Å². The molecule has 0 saturated carbocycles. The number of carbonyl (C=O) groups is 2. The Balaban J connectivity index is 1.80. The second kappa shape index (κ2) is 5.88. The Kier molecular flexibility index (Phi) is 3.94. The topological polar surface area (TPSA) is 79.3 Å². The number of rotatable bonds is 3. The predicted octanol–water partition coefficient (Wildman–Crippen LogP) is 3.29. The normalized spacial score (nSPS) is 21.4. The van der Waals surface area contributed by atoms with Crippen molar-refractivity contribution in [2.24, 2.45) is 11.8 Å². The summed E-state index contributed by atoms with van der Waals surface area (Å²) in [6.45, 7) is 1.93. The number of carbonyl (C=O) groups excluding carboxylic acids is 1. The van der Waals surface area contributed by atoms with Gasteiger partial charge >= 0.3 is 5.97 Å². The van der Waals surface area contributed by atoms with Crippen LogP contribution in [0.2, 0.25) is 0 Å². The van der Waals surface area contributed by atoms with Crippen molar-refractivity contribution in [1.29, 1.82) is 0 Å². The number of carboxylic acid groups (broad SMARTS) is 1. The van der Waals surface area contributed by atoms with Crippen molar-refractivity contribution in [3.05, 3.63) is 35.9 Å². The number of aromatic nitrogens is 1. The number of nitrogens with zero attached hydrogens (tertiary/aromatic N) is 1. The first kappa shape index (κ1) is 14.7. The van der Waals surface area contributed by atoms with Crippen LogP contribution in [0.3, 0.4) is 0 Å². The van der Waals surface area contributed by atoms with Gasteiger partial charge in [0.2, 0.25) is 5.91 Å². The van der Waals surface area contributed by atoms with Crippen LogP contribution < -0.4 is 5.32 Å². The average Bonchev–Trinajstić information content (AvgIpc) is 2.88. The molecule has 5 nitrogen and oxygen atoms in total. The fraction of sp³-hybridized carbons (Fsp3) is 0.312. The van der Waals surface area contributed by atoms with Gasteiger partial charge in [-0.05, 0) is 31.9 Å². The quantitative estimate of drug-likeness (QED) is 0.852. The minimum atomic E-state index is -0.923. The Labute approximate surface area is 131 Å². The largest absolute Gasteiger partial charge is 0.481 e. The number of nitrogens with one attached hydrogen (secondary N) is 1. The molecule has 1 aromatic carbocycles. The van der Waals surface area contributed by atoms with Gasteiger partial charge in [0.05, 0.1) is 22.1 Å². The molecule has 0 saturated heterocycles. The number of amides is 1. The van der Waals surface area contributed by atoms with Crippen LogP contribution in [0.1, 0.15) is 19.8 Å². The summed E-state index contributed by atoms with van der Waals surface area (Å²) >= 11 is 1.39. The number of anilines is 1. The van der Waals surface area contributed by atoms with Crippen molar-refractivity contribution in [2.45, 2.75) is 19.8 Å². The second-order valence-electron chi connectivity index (χ2n) is 5.52. The third kappa shape index (κ3) is 2.87. The molecule has 1 heterocycles. The molecular weight excluding hydrogens is 300 g/mol. The zero-order chi connectivity index (χ0) is 15.7. The zero-order valence-electron chi connectivity index (χ0n) is 12.1. The molecule has 1 amide bonds. The van der Waals surface area contributed by atoms with Crippen LogP contribution in [0.5, 0.6) is 0 Å². The maximum Gasteiger partial charge on any atom is 0.307 e. The molecule has 1 aliphatic rings. The van der Waals surface area contributed by atoms with E-state index in [-0.39, 0.29) is 5.91 Å². The first-order chi connectivity index (χ1) is 10.5. The number of fused-ring (bicyclic) bond motifs is 1. The highest BCUT2D eigenvalue weighted by Gasteiger charge is 2.35. The van der Waals surface area contributed by atoms with Crippen LogP contribution in [0.15, 0.2) is 35.9 Å². The highest BCUT2D eigenvalue weighted by atomic mass is 32.1. The maximum atomic E-state index is 12.5. The molecule has 114 valence electrons. The van der Waals surface area contributed by atoms with Gasteiger partial charge in [-0.1, -0.05) is 35.1 Å². The number of hydrogen-bond acceptors (Lipinski definition) is 4. The average molecular weight is 316 g/mol. The molecule has 0 radical (unpaired) electrons. The Morgan fingerprint density at radius 1 is 1.32 bits per heavy atom. The first-order valence-electron chi connectivity index (χ1n) is 7.09. The van der Waals surface area contributed by atoms with E-state index in [0.29, 0.717) is 18.0 Å². The van der Waals surface area contributed by atoms with Gasteiger partial charge in [-0.2, -0.15) is 0 Å². The monoisotopic (exact) mass is 316 g/mol. The highest BCUT2D eigenvalue weighted by molar-refractivity contribution is 7.22. The summed E-state index contributed by atoms with van der Waals surface area (Å²) in [7, 11) is 0. The van der Waals surface area contributed by atoms with E-state index in [1.54, 1.807) is 0 Å². The van der Waals surface area contributed by atoms with Crippen LogP contribution in [0.4, 0.5) is 5.13 Å². The van der Waals surface area contributed by atoms with Crippen molar-refractivity contribution in [1.82, 2.24) is 4.98 Å². The van der Waals surface area contributed by atoms with Gasteiger partial charge in [0.15, 0.2) is 5.13 Å². The molecule has 2 aromatic rings. The molecule has 3 rings (SSSR count). The number of carboxylic acids is 1. The zero-order valence-corrected chi connectivity index (χ0v) is 12.9. The van der Waals surface area contributed by atoms with E-state index in [0.717, 1.165) is 15.8 Å². The lowest BCUT2D eigenvalue weighted by Crippen LogP contribution is -2.35. The van der Waals surface area contributed by atoms with Crippen LogP contribution in [-0.4, -0.2) is 22.0 Å². The molecule has 1 aromatic heterocycles. The van der Waals surface area contributed by atoms with E-state index in [1.165, 1.54) is 11.3 Å². The SMILES string of the molecule is CC1=CC[C@@H](C(=O)O)[C@H](C(=O)Nc2nc3ccccc3s2)C1. The molecule has 0 aliphatic heterocycles. The molecule has 2 atom stereocenters. The fourth-order valence-electron chi connectivity index (χ4n) is 2.74. The summed E-state index contributed by atoms with van der Waals surface area (Å²) < 4.78 is 0.993. The van der Waals surface area contributed by atoms with Gasteiger partial charge in [0.25, 0.3) is 0 Å². The van der Waals surface area contributed by atoms with E-state index in [2.05, 4.69) is 10.3 Å². The third-order valence-electron chi connectivity index (χ3n) is 3.93. The van der Waals surface area contributed by atoms with E-state index >= 15 is 0 Å². The number of thiazole rings is 1. The number of allylic oxidation sites excluding steroid dienone is 2. The van der Waals surface area contributed by atoms with Crippen LogP contribution in [0.25, 0.3) is 10.2 Å². The predicted molar refractivity (Wildman–Crippen MR) is 85.9 cm³/mol. The molecule has 0 unspecified atom stereocenters. The minimum Gasteiger partial charge on any atom is -0.481 e. The Bertz CT molecular complexity index is 733. The third-order valence-corrected chi connectivity index (χ3v) is 4.88. The fourth-order valence-corrected chi connectivity index (χ4v) is 3.61. The summed E-state index contributed by atoms with van der Waals surface area (Å²) in [5, 5.41) is 12.6. The van der Waals surface area contributed by atoms with Crippen molar-refractivity contribution in [3.63, 3.8) is 0 Å². The molecule has 0 bridgehead atoms. The Morgan fingerprint density at radius 2 is 2.09 bits per heavy atom.